The van der Waals surface area contributed by atoms with E-state index in [0.717, 1.165) is 84.5 Å². The zero-order chi connectivity index (χ0) is 56.0. The van der Waals surface area contributed by atoms with Gasteiger partial charge in [0, 0.05) is 99.3 Å². The molecule has 18 nitrogen and oxygen atoms in total. The number of aromatic hydroxyl groups is 3. The third-order valence-electron chi connectivity index (χ3n) is 15.5. The van der Waals surface area contributed by atoms with Gasteiger partial charge in [0.05, 0.1) is 17.8 Å². The van der Waals surface area contributed by atoms with Crippen LogP contribution in [0, 0.1) is 5.92 Å². The van der Waals surface area contributed by atoms with Crippen molar-refractivity contribution in [2.45, 2.75) is 91.4 Å². The highest BCUT2D eigenvalue weighted by Crippen LogP contribution is 2.39. The third-order valence-corrected chi connectivity index (χ3v) is 15.5. The molecule has 5 heterocycles. The van der Waals surface area contributed by atoms with Crippen molar-refractivity contribution < 1.29 is 29.7 Å². The number of nitrogens with zero attached hydrogens (tertiary/aromatic N) is 9. The summed E-state index contributed by atoms with van der Waals surface area (Å²) in [7, 11) is 0. The first kappa shape index (κ1) is 54.8. The number of carbonyl (C=O) groups excluding carboxylic acids is 3. The van der Waals surface area contributed by atoms with Crippen LogP contribution in [0.5, 0.6) is 17.2 Å². The van der Waals surface area contributed by atoms with Crippen LogP contribution in [0.3, 0.4) is 0 Å². The molecule has 3 aliphatic rings. The minimum Gasteiger partial charge on any atom is -0.508 e. The number of fused-ring (bicyclic) bond motifs is 2. The maximum absolute atomic E-state index is 13.4. The van der Waals surface area contributed by atoms with Gasteiger partial charge in [-0.3, -0.25) is 23.9 Å². The maximum Gasteiger partial charge on any atom is 0.289 e. The van der Waals surface area contributed by atoms with E-state index in [1.54, 1.807) is 21.6 Å². The molecule has 0 spiro atoms. The van der Waals surface area contributed by atoms with Crippen LogP contribution in [0.1, 0.15) is 97.0 Å². The Balaban J connectivity index is 0.707. The second-order valence-electron chi connectivity index (χ2n) is 21.9. The van der Waals surface area contributed by atoms with Crippen molar-refractivity contribution in [3.63, 3.8) is 0 Å². The molecule has 10 rings (SSSR count). The van der Waals surface area contributed by atoms with Crippen molar-refractivity contribution in [2.75, 3.05) is 67.5 Å². The average molecular weight is 1080 g/mol. The summed E-state index contributed by atoms with van der Waals surface area (Å²) in [6, 6.07) is 31.1. The minimum atomic E-state index is -0.380. The standard InChI is InChI=1S/C62H72N12O6/c1-6-57(79)71-27-29-72(30-28-71)58-49-22-26-73(53-33-47(75)32-45-9-7-8-10-48(45)53)38-52(49)66-62(67-58)63-23-19-56(78)64-36-43-11-13-44(14-12-43)37-70-24-20-42(21-25-70)31-41-15-17-46(18-16-41)74-59(68-69-60(74)61(80)65-40(4)5)51-34-50(39(2)3)54(76)35-55(51)77/h6-18,32-35,39-40,42,75-77H,1,19-31,36-38H2,2-5H3,(H,64,78)(H,65,80)(H,63,66,67). The second kappa shape index (κ2) is 24.2. The van der Waals surface area contributed by atoms with Crippen molar-refractivity contribution in [3.05, 3.63) is 149 Å². The van der Waals surface area contributed by atoms with Gasteiger partial charge in [-0.15, -0.1) is 10.2 Å². The number of piperidine rings is 1. The monoisotopic (exact) mass is 1080 g/mol. The van der Waals surface area contributed by atoms with Gasteiger partial charge in [0.2, 0.25) is 23.6 Å². The maximum atomic E-state index is 13.4. The number of amides is 3. The fourth-order valence-electron chi connectivity index (χ4n) is 11.2. The quantitative estimate of drug-likeness (QED) is 0.0447. The van der Waals surface area contributed by atoms with Gasteiger partial charge in [-0.25, -0.2) is 4.98 Å². The van der Waals surface area contributed by atoms with E-state index in [1.807, 2.05) is 64.1 Å². The van der Waals surface area contributed by atoms with Crippen LogP contribution < -0.4 is 25.8 Å². The van der Waals surface area contributed by atoms with E-state index in [9.17, 15) is 29.7 Å². The average Bonchev–Trinajstić information content (AvgIpc) is 4.10. The zero-order valence-corrected chi connectivity index (χ0v) is 46.2. The summed E-state index contributed by atoms with van der Waals surface area (Å²) in [5.74, 6) is 1.72. The molecule has 0 aliphatic carbocycles. The Morgan fingerprint density at radius 2 is 1.50 bits per heavy atom. The van der Waals surface area contributed by atoms with Gasteiger partial charge in [0.25, 0.3) is 5.91 Å². The molecule has 416 valence electrons. The topological polar surface area (TPSA) is 217 Å². The Labute approximate surface area is 467 Å². The lowest BCUT2D eigenvalue weighted by molar-refractivity contribution is -0.126. The lowest BCUT2D eigenvalue weighted by atomic mass is 9.90. The molecule has 2 saturated heterocycles. The summed E-state index contributed by atoms with van der Waals surface area (Å²) in [6.45, 7) is 18.6. The smallest absolute Gasteiger partial charge is 0.289 e. The fourth-order valence-corrected chi connectivity index (χ4v) is 11.2. The number of hydrogen-bond acceptors (Lipinski definition) is 14. The third kappa shape index (κ3) is 12.5. The summed E-state index contributed by atoms with van der Waals surface area (Å²) in [5, 5.41) is 52.2. The Kier molecular flexibility index (Phi) is 16.6. The van der Waals surface area contributed by atoms with Crippen LogP contribution in [0.2, 0.25) is 0 Å². The largest absolute Gasteiger partial charge is 0.508 e. The van der Waals surface area contributed by atoms with Gasteiger partial charge in [-0.05, 0) is 122 Å². The highest BCUT2D eigenvalue weighted by molar-refractivity contribution is 5.96. The van der Waals surface area contributed by atoms with Crippen LogP contribution in [0.15, 0.2) is 110 Å². The van der Waals surface area contributed by atoms with E-state index >= 15 is 0 Å². The molecular weight excluding hydrogens is 1010 g/mol. The van der Waals surface area contributed by atoms with Crippen LogP contribution in [0.4, 0.5) is 17.5 Å². The van der Waals surface area contributed by atoms with Gasteiger partial charge in [0.1, 0.15) is 23.1 Å². The molecule has 2 fully saturated rings. The fraction of sp³-hybridized carbons (Fsp3) is 0.371. The lowest BCUT2D eigenvalue weighted by Gasteiger charge is -2.38. The SMILES string of the molecule is C=CC(=O)N1CCN(c2nc(NCCC(=O)NCc3ccc(CN4CCC(Cc5ccc(-n6c(C(=O)NC(C)C)nnc6-c6cc(C(C)C)c(O)cc6O)cc5)CC4)cc3)nc3c2CCN(c2cc(O)cc4ccccc24)C3)CC1. The van der Waals surface area contributed by atoms with Crippen molar-refractivity contribution in [1.29, 1.82) is 0 Å². The molecule has 0 radical (unpaired) electrons. The number of phenols is 3. The molecule has 0 saturated carbocycles. The molecule has 0 bridgehead atoms. The number of benzene rings is 5. The van der Waals surface area contributed by atoms with Crippen LogP contribution in [-0.2, 0) is 42.1 Å². The number of nitrogens with one attached hydrogen (secondary N) is 3. The van der Waals surface area contributed by atoms with E-state index in [4.69, 9.17) is 9.97 Å². The van der Waals surface area contributed by atoms with Crippen LogP contribution in [-0.4, -0.2) is 126 Å². The number of carbonyl (C=O) groups is 3. The summed E-state index contributed by atoms with van der Waals surface area (Å²) in [5.41, 5.74) is 8.06. The van der Waals surface area contributed by atoms with E-state index in [1.165, 1.54) is 23.3 Å². The first-order valence-electron chi connectivity index (χ1n) is 27.9. The number of hydrogen-bond donors (Lipinski definition) is 6. The molecule has 18 heteroatoms. The van der Waals surface area contributed by atoms with Crippen molar-refractivity contribution >= 4 is 45.9 Å². The van der Waals surface area contributed by atoms with Crippen LogP contribution >= 0.6 is 0 Å². The highest BCUT2D eigenvalue weighted by Gasteiger charge is 2.30. The van der Waals surface area contributed by atoms with E-state index < -0.39 is 0 Å². The normalized spacial score (nSPS) is 15.1. The Bertz CT molecular complexity index is 3380. The highest BCUT2D eigenvalue weighted by atomic mass is 16.3. The number of aromatic nitrogens is 5. The first-order chi connectivity index (χ1) is 38.7. The predicted molar refractivity (Wildman–Crippen MR) is 311 cm³/mol. The van der Waals surface area contributed by atoms with Gasteiger partial charge < -0.3 is 46.0 Å². The molecule has 5 aromatic carbocycles. The number of phenolic OH excluding ortho intramolecular Hbond substituents is 3. The summed E-state index contributed by atoms with van der Waals surface area (Å²) < 4.78 is 1.67. The number of rotatable bonds is 18. The zero-order valence-electron chi connectivity index (χ0n) is 46.2. The van der Waals surface area contributed by atoms with E-state index in [0.29, 0.717) is 86.7 Å². The molecule has 6 N–H and O–H groups in total. The summed E-state index contributed by atoms with van der Waals surface area (Å²) >= 11 is 0. The first-order valence-corrected chi connectivity index (χ1v) is 27.9. The Morgan fingerprint density at radius 3 is 2.23 bits per heavy atom. The molecule has 3 aliphatic heterocycles. The molecule has 0 unspecified atom stereocenters. The summed E-state index contributed by atoms with van der Waals surface area (Å²) in [6.07, 6.45) is 5.37. The molecular formula is C62H72N12O6. The van der Waals surface area contributed by atoms with Gasteiger partial charge in [-0.1, -0.05) is 81.1 Å². The predicted octanol–water partition coefficient (Wildman–Crippen LogP) is 8.23. The van der Waals surface area contributed by atoms with E-state index in [2.05, 4.69) is 89.9 Å². The molecule has 80 heavy (non-hydrogen) atoms. The second-order valence-corrected chi connectivity index (χ2v) is 21.9. The van der Waals surface area contributed by atoms with Gasteiger partial charge >= 0.3 is 0 Å². The number of piperazine rings is 1. The lowest BCUT2D eigenvalue weighted by Crippen LogP contribution is -2.49. The molecule has 0 atom stereocenters. The van der Waals surface area contributed by atoms with E-state index in [-0.39, 0.29) is 59.2 Å². The van der Waals surface area contributed by atoms with Crippen molar-refractivity contribution in [1.82, 2.24) is 45.2 Å². The van der Waals surface area contributed by atoms with Crippen LogP contribution in [0.25, 0.3) is 27.8 Å². The molecule has 3 amide bonds. The van der Waals surface area contributed by atoms with Gasteiger partial charge in [-0.2, -0.15) is 4.98 Å². The van der Waals surface area contributed by atoms with Gasteiger partial charge in [0.15, 0.2) is 5.82 Å². The number of likely N-dealkylation sites (tertiary alicyclic amines) is 1. The van der Waals surface area contributed by atoms with Crippen molar-refractivity contribution in [3.8, 4) is 34.3 Å². The number of anilines is 3. The molecule has 2 aromatic heterocycles. The minimum absolute atomic E-state index is 0.00570. The Morgan fingerprint density at radius 1 is 0.775 bits per heavy atom. The summed E-state index contributed by atoms with van der Waals surface area (Å²) in [4.78, 5) is 57.8. The van der Waals surface area contributed by atoms with Crippen molar-refractivity contribution in [2.24, 2.45) is 5.92 Å². The Hall–Kier alpha value is -8.51. The molecule has 7 aromatic rings.